The molecule has 0 bridgehead atoms. The lowest BCUT2D eigenvalue weighted by molar-refractivity contribution is 0.479. The highest BCUT2D eigenvalue weighted by Gasteiger charge is 2.21. The van der Waals surface area contributed by atoms with Gasteiger partial charge in [0.25, 0.3) is 0 Å². The van der Waals surface area contributed by atoms with Gasteiger partial charge in [0.15, 0.2) is 0 Å². The van der Waals surface area contributed by atoms with E-state index in [0.29, 0.717) is 12.1 Å². The predicted octanol–water partition coefficient (Wildman–Crippen LogP) is 4.03. The molecule has 0 aromatic heterocycles. The Bertz CT molecular complexity index is 346. The summed E-state index contributed by atoms with van der Waals surface area (Å²) in [5.74, 6) is -3.04. The number of allylic oxidation sites excluding steroid dienone is 1. The van der Waals surface area contributed by atoms with Crippen molar-refractivity contribution in [1.82, 2.24) is 0 Å². The van der Waals surface area contributed by atoms with Crippen molar-refractivity contribution >= 4 is 0 Å². The summed E-state index contributed by atoms with van der Waals surface area (Å²) in [6, 6.07) is 1.38. The molecule has 0 amide bonds. The van der Waals surface area contributed by atoms with Crippen molar-refractivity contribution in [2.45, 2.75) is 19.8 Å². The van der Waals surface area contributed by atoms with E-state index in [1.165, 1.54) is 6.08 Å². The molecule has 1 aromatic rings. The van der Waals surface area contributed by atoms with E-state index in [-0.39, 0.29) is 11.5 Å². The van der Waals surface area contributed by atoms with Crippen LogP contribution in [0.1, 0.15) is 25.3 Å². The lowest BCUT2D eigenvalue weighted by atomic mass is 9.88. The normalized spacial score (nSPS) is 12.9. The summed E-state index contributed by atoms with van der Waals surface area (Å²) in [5.41, 5.74) is -0.110. The Morgan fingerprint density at radius 2 is 1.60 bits per heavy atom. The van der Waals surface area contributed by atoms with Gasteiger partial charge in [-0.1, -0.05) is 19.9 Å². The number of benzene rings is 1. The van der Waals surface area contributed by atoms with Gasteiger partial charge in [-0.2, -0.15) is 0 Å². The van der Waals surface area contributed by atoms with Gasteiger partial charge in [-0.15, -0.1) is 6.58 Å². The van der Waals surface area contributed by atoms with Crippen LogP contribution >= 0.6 is 0 Å². The topological polar surface area (TPSA) is 0 Å². The van der Waals surface area contributed by atoms with Crippen molar-refractivity contribution in [2.24, 2.45) is 5.92 Å². The van der Waals surface area contributed by atoms with Crippen molar-refractivity contribution in [3.63, 3.8) is 0 Å². The first-order valence-corrected chi connectivity index (χ1v) is 4.74. The smallest absolute Gasteiger partial charge is 0.132 e. The van der Waals surface area contributed by atoms with E-state index in [4.69, 9.17) is 0 Å². The van der Waals surface area contributed by atoms with Crippen LogP contribution in [0.15, 0.2) is 24.8 Å². The minimum atomic E-state index is -0.902. The first-order valence-electron chi connectivity index (χ1n) is 4.74. The van der Waals surface area contributed by atoms with Crippen LogP contribution in [0.25, 0.3) is 0 Å². The van der Waals surface area contributed by atoms with Crippen LogP contribution in [0.4, 0.5) is 13.2 Å². The second kappa shape index (κ2) is 4.51. The van der Waals surface area contributed by atoms with Crippen molar-refractivity contribution in [3.05, 3.63) is 47.8 Å². The second-order valence-corrected chi connectivity index (χ2v) is 3.79. The van der Waals surface area contributed by atoms with Crippen LogP contribution in [-0.4, -0.2) is 0 Å². The molecule has 0 saturated carbocycles. The highest BCUT2D eigenvalue weighted by molar-refractivity contribution is 5.28. The summed E-state index contributed by atoms with van der Waals surface area (Å²) in [6.45, 7) is 7.19. The van der Waals surface area contributed by atoms with E-state index >= 15 is 0 Å². The van der Waals surface area contributed by atoms with Gasteiger partial charge in [-0.25, -0.2) is 13.2 Å². The Labute approximate surface area is 87.4 Å². The SMILES string of the molecule is C=C[C@H](c1c(F)cc(F)cc1F)C(C)C. The Balaban J connectivity index is 3.29. The fraction of sp³-hybridized carbons (Fsp3) is 0.333. The average Bonchev–Trinajstić information content (AvgIpc) is 2.09. The van der Waals surface area contributed by atoms with E-state index in [9.17, 15) is 13.2 Å². The third kappa shape index (κ3) is 2.41. The minimum absolute atomic E-state index is 0.0111. The Kier molecular flexibility index (Phi) is 3.56. The van der Waals surface area contributed by atoms with Gasteiger partial charge in [0, 0.05) is 23.6 Å². The summed E-state index contributed by atoms with van der Waals surface area (Å²) in [5, 5.41) is 0. The van der Waals surface area contributed by atoms with Gasteiger partial charge in [-0.3, -0.25) is 0 Å². The third-order valence-electron chi connectivity index (χ3n) is 2.35. The molecule has 0 aliphatic rings. The fourth-order valence-corrected chi connectivity index (χ4v) is 1.60. The van der Waals surface area contributed by atoms with Crippen molar-refractivity contribution < 1.29 is 13.2 Å². The number of hydrogen-bond donors (Lipinski definition) is 0. The Hall–Kier alpha value is -1.25. The monoisotopic (exact) mass is 214 g/mol. The fourth-order valence-electron chi connectivity index (χ4n) is 1.60. The zero-order valence-corrected chi connectivity index (χ0v) is 8.73. The third-order valence-corrected chi connectivity index (χ3v) is 2.35. The van der Waals surface area contributed by atoms with Crippen LogP contribution in [0, 0.1) is 23.4 Å². The van der Waals surface area contributed by atoms with E-state index in [0.717, 1.165) is 0 Å². The molecule has 0 fully saturated rings. The summed E-state index contributed by atoms with van der Waals surface area (Å²) >= 11 is 0. The number of hydrogen-bond acceptors (Lipinski definition) is 0. The molecule has 0 spiro atoms. The van der Waals surface area contributed by atoms with Crippen LogP contribution in [0.5, 0.6) is 0 Å². The summed E-state index contributed by atoms with van der Waals surface area (Å²) in [7, 11) is 0. The van der Waals surface area contributed by atoms with Crippen LogP contribution in [-0.2, 0) is 0 Å². The maximum absolute atomic E-state index is 13.4. The Morgan fingerprint density at radius 1 is 1.13 bits per heavy atom. The van der Waals surface area contributed by atoms with Gasteiger partial charge < -0.3 is 0 Å². The first kappa shape index (κ1) is 11.8. The molecule has 1 aromatic carbocycles. The molecule has 1 atom stereocenters. The van der Waals surface area contributed by atoms with Gasteiger partial charge in [-0.05, 0) is 5.92 Å². The molecular formula is C12H13F3. The van der Waals surface area contributed by atoms with Crippen LogP contribution < -0.4 is 0 Å². The van der Waals surface area contributed by atoms with E-state index in [2.05, 4.69) is 6.58 Å². The molecule has 0 aliphatic heterocycles. The van der Waals surface area contributed by atoms with Gasteiger partial charge >= 0.3 is 0 Å². The van der Waals surface area contributed by atoms with Crippen molar-refractivity contribution in [3.8, 4) is 0 Å². The van der Waals surface area contributed by atoms with Gasteiger partial charge in [0.1, 0.15) is 17.5 Å². The second-order valence-electron chi connectivity index (χ2n) is 3.79. The number of rotatable bonds is 3. The maximum atomic E-state index is 13.4. The highest BCUT2D eigenvalue weighted by Crippen LogP contribution is 2.30. The molecule has 82 valence electrons. The molecule has 15 heavy (non-hydrogen) atoms. The summed E-state index contributed by atoms with van der Waals surface area (Å²) in [6.07, 6.45) is 1.48. The van der Waals surface area contributed by atoms with E-state index in [1.807, 2.05) is 13.8 Å². The zero-order valence-electron chi connectivity index (χ0n) is 8.73. The molecule has 1 rings (SSSR count). The van der Waals surface area contributed by atoms with Gasteiger partial charge in [0.05, 0.1) is 0 Å². The van der Waals surface area contributed by atoms with E-state index < -0.39 is 23.4 Å². The summed E-state index contributed by atoms with van der Waals surface area (Å²) in [4.78, 5) is 0. The Morgan fingerprint density at radius 3 is 1.93 bits per heavy atom. The van der Waals surface area contributed by atoms with E-state index in [1.54, 1.807) is 0 Å². The number of halogens is 3. The van der Waals surface area contributed by atoms with Crippen LogP contribution in [0.3, 0.4) is 0 Å². The molecule has 0 N–H and O–H groups in total. The molecule has 0 nitrogen and oxygen atoms in total. The highest BCUT2D eigenvalue weighted by atomic mass is 19.1. The quantitative estimate of drug-likeness (QED) is 0.666. The molecule has 3 heteroatoms. The largest absolute Gasteiger partial charge is 0.207 e. The molecule has 0 unspecified atom stereocenters. The van der Waals surface area contributed by atoms with Crippen molar-refractivity contribution in [2.75, 3.05) is 0 Å². The standard InChI is InChI=1S/C12H13F3/c1-4-9(7(2)3)12-10(14)5-8(13)6-11(12)15/h4-7,9H,1H2,2-3H3/t9-/m0/s1. The maximum Gasteiger partial charge on any atom is 0.132 e. The van der Waals surface area contributed by atoms with Crippen LogP contribution in [0.2, 0.25) is 0 Å². The molecule has 0 saturated heterocycles. The first-order chi connectivity index (χ1) is 6.97. The molecule has 0 heterocycles. The predicted molar refractivity (Wildman–Crippen MR) is 54.1 cm³/mol. The van der Waals surface area contributed by atoms with Gasteiger partial charge in [0.2, 0.25) is 0 Å². The lowest BCUT2D eigenvalue weighted by Gasteiger charge is -2.18. The average molecular weight is 214 g/mol. The molecular weight excluding hydrogens is 201 g/mol. The lowest BCUT2D eigenvalue weighted by Crippen LogP contribution is -2.09. The zero-order chi connectivity index (χ0) is 11.6. The molecule has 0 radical (unpaired) electrons. The molecule has 0 aliphatic carbocycles. The minimum Gasteiger partial charge on any atom is -0.207 e. The summed E-state index contributed by atoms with van der Waals surface area (Å²) < 4.78 is 39.4. The van der Waals surface area contributed by atoms with Crippen molar-refractivity contribution in [1.29, 1.82) is 0 Å².